The zero-order valence-electron chi connectivity index (χ0n) is 14.5. The van der Waals surface area contributed by atoms with Crippen molar-refractivity contribution in [2.24, 2.45) is 0 Å². The van der Waals surface area contributed by atoms with Crippen molar-refractivity contribution in [1.29, 1.82) is 0 Å². The van der Waals surface area contributed by atoms with Gasteiger partial charge in [0.1, 0.15) is 0 Å². The third-order valence-electron chi connectivity index (χ3n) is 4.46. The summed E-state index contributed by atoms with van der Waals surface area (Å²) >= 11 is 0. The molecule has 0 radical (unpaired) electrons. The molecular weight excluding hydrogens is 312 g/mol. The molecule has 0 unspecified atom stereocenters. The van der Waals surface area contributed by atoms with Crippen molar-refractivity contribution in [3.63, 3.8) is 0 Å². The molecule has 0 amide bonds. The van der Waals surface area contributed by atoms with Crippen molar-refractivity contribution < 1.29 is 30.0 Å². The Balaban J connectivity index is 2.19. The fraction of sp³-hybridized carbons (Fsp3) is 0.833. The molecule has 1 aliphatic heterocycles. The Morgan fingerprint density at radius 1 is 1.17 bits per heavy atom. The average molecular weight is 344 g/mol. The number of rotatable bonds is 12. The second-order valence-corrected chi connectivity index (χ2v) is 6.57. The van der Waals surface area contributed by atoms with Gasteiger partial charge in [0.25, 0.3) is 0 Å². The minimum absolute atomic E-state index is 0.226. The Morgan fingerprint density at radius 2 is 1.83 bits per heavy atom. The van der Waals surface area contributed by atoms with E-state index in [1.54, 1.807) is 6.08 Å². The van der Waals surface area contributed by atoms with Crippen LogP contribution in [-0.2, 0) is 9.53 Å². The second kappa shape index (κ2) is 11.6. The van der Waals surface area contributed by atoms with Crippen molar-refractivity contribution in [3.05, 3.63) is 12.2 Å². The van der Waals surface area contributed by atoms with E-state index in [9.17, 15) is 20.1 Å². The van der Waals surface area contributed by atoms with Gasteiger partial charge in [-0.25, -0.2) is 0 Å². The Kier molecular flexibility index (Phi) is 10.2. The number of carboxylic acid groups (broad SMARTS) is 1. The van der Waals surface area contributed by atoms with Gasteiger partial charge in [0, 0.05) is 12.8 Å². The molecule has 1 rings (SSSR count). The summed E-state index contributed by atoms with van der Waals surface area (Å²) < 4.78 is 5.75. The van der Waals surface area contributed by atoms with Gasteiger partial charge in [0.05, 0.1) is 30.5 Å². The van der Waals surface area contributed by atoms with Gasteiger partial charge < -0.3 is 25.2 Å². The number of carbonyl (C=O) groups is 1. The fourth-order valence-electron chi connectivity index (χ4n) is 2.90. The highest BCUT2D eigenvalue weighted by atomic mass is 16.5. The number of hydrogen-bond donors (Lipinski definition) is 4. The van der Waals surface area contributed by atoms with Gasteiger partial charge >= 0.3 is 5.97 Å². The van der Waals surface area contributed by atoms with Gasteiger partial charge in [0.2, 0.25) is 0 Å². The van der Waals surface area contributed by atoms with E-state index in [1.165, 1.54) is 6.08 Å². The highest BCUT2D eigenvalue weighted by Gasteiger charge is 2.36. The summed E-state index contributed by atoms with van der Waals surface area (Å²) in [5.41, 5.74) is 0. The van der Waals surface area contributed by atoms with Crippen LogP contribution < -0.4 is 0 Å². The molecule has 0 bridgehead atoms. The van der Waals surface area contributed by atoms with Gasteiger partial charge in [-0.15, -0.1) is 0 Å². The summed E-state index contributed by atoms with van der Waals surface area (Å²) in [5, 5.41) is 38.1. The molecule has 0 aromatic heterocycles. The minimum Gasteiger partial charge on any atom is -0.481 e. The van der Waals surface area contributed by atoms with Crippen LogP contribution in [0.25, 0.3) is 0 Å². The minimum atomic E-state index is -0.818. The maximum Gasteiger partial charge on any atom is 0.303 e. The van der Waals surface area contributed by atoms with Gasteiger partial charge in [-0.1, -0.05) is 44.8 Å². The summed E-state index contributed by atoms with van der Waals surface area (Å²) in [6.07, 6.45) is 6.93. The first kappa shape index (κ1) is 21.1. The van der Waals surface area contributed by atoms with E-state index in [-0.39, 0.29) is 12.5 Å². The van der Waals surface area contributed by atoms with Crippen molar-refractivity contribution in [1.82, 2.24) is 0 Å². The van der Waals surface area contributed by atoms with E-state index in [2.05, 4.69) is 0 Å². The second-order valence-electron chi connectivity index (χ2n) is 6.57. The van der Waals surface area contributed by atoms with Crippen LogP contribution in [0.2, 0.25) is 0 Å². The fourth-order valence-corrected chi connectivity index (χ4v) is 2.90. The van der Waals surface area contributed by atoms with E-state index in [0.717, 1.165) is 32.1 Å². The van der Waals surface area contributed by atoms with E-state index >= 15 is 0 Å². The van der Waals surface area contributed by atoms with E-state index in [4.69, 9.17) is 9.84 Å². The molecule has 1 aliphatic rings. The lowest BCUT2D eigenvalue weighted by Gasteiger charge is -2.17. The van der Waals surface area contributed by atoms with Gasteiger partial charge in [-0.2, -0.15) is 0 Å². The molecule has 6 nitrogen and oxygen atoms in total. The molecule has 0 aromatic rings. The number of unbranched alkanes of at least 4 members (excludes halogenated alkanes) is 4. The van der Waals surface area contributed by atoms with Crippen LogP contribution in [0.15, 0.2) is 12.2 Å². The molecule has 24 heavy (non-hydrogen) atoms. The number of hydrogen-bond acceptors (Lipinski definition) is 5. The lowest BCUT2D eigenvalue weighted by molar-refractivity contribution is -0.137. The maximum atomic E-state index is 10.4. The highest BCUT2D eigenvalue weighted by molar-refractivity contribution is 5.66. The first-order valence-electron chi connectivity index (χ1n) is 9.03. The predicted molar refractivity (Wildman–Crippen MR) is 90.7 cm³/mol. The molecule has 140 valence electrons. The standard InChI is InChI=1S/C18H32O6/c1-2-13(19)10-11-14(20)17-12-15(21)16(24-17)8-6-4-3-5-7-9-18(22)23/h10-11,13-17,19-21H,2-9,12H2,1H3,(H,22,23)/b11-10+/t13-,14+,15+,16+,17-/m1/s1. The van der Waals surface area contributed by atoms with E-state index in [1.807, 2.05) is 6.92 Å². The molecule has 5 atom stereocenters. The number of carboxylic acids is 1. The summed E-state index contributed by atoms with van der Waals surface area (Å²) in [5.74, 6) is -0.748. The molecular formula is C18H32O6. The van der Waals surface area contributed by atoms with Crippen LogP contribution in [0, 0.1) is 0 Å². The predicted octanol–water partition coefficient (Wildman–Crippen LogP) is 2.01. The van der Waals surface area contributed by atoms with E-state index in [0.29, 0.717) is 19.3 Å². The molecule has 1 fully saturated rings. The Labute approximate surface area is 144 Å². The average Bonchev–Trinajstić information content (AvgIpc) is 2.92. The molecule has 6 heteroatoms. The van der Waals surface area contributed by atoms with Gasteiger partial charge in [-0.05, 0) is 19.3 Å². The van der Waals surface area contributed by atoms with Crippen LogP contribution in [0.1, 0.15) is 64.7 Å². The Bertz CT molecular complexity index is 384. The molecule has 4 N–H and O–H groups in total. The molecule has 0 spiro atoms. The first-order valence-corrected chi connectivity index (χ1v) is 9.03. The largest absolute Gasteiger partial charge is 0.481 e. The zero-order chi connectivity index (χ0) is 17.9. The number of aliphatic hydroxyl groups is 3. The third kappa shape index (κ3) is 8.24. The van der Waals surface area contributed by atoms with Crippen molar-refractivity contribution in [2.75, 3.05) is 0 Å². The quantitative estimate of drug-likeness (QED) is 0.319. The van der Waals surface area contributed by atoms with Crippen LogP contribution in [-0.4, -0.2) is 56.9 Å². The molecule has 0 aliphatic carbocycles. The topological polar surface area (TPSA) is 107 Å². The highest BCUT2D eigenvalue weighted by Crippen LogP contribution is 2.27. The van der Waals surface area contributed by atoms with Crippen molar-refractivity contribution in [2.45, 2.75) is 95.2 Å². The Hall–Kier alpha value is -0.950. The summed E-state index contributed by atoms with van der Waals surface area (Å²) in [6, 6.07) is 0. The summed E-state index contributed by atoms with van der Waals surface area (Å²) in [7, 11) is 0. The van der Waals surface area contributed by atoms with Crippen LogP contribution in [0.4, 0.5) is 0 Å². The Morgan fingerprint density at radius 3 is 2.50 bits per heavy atom. The molecule has 1 heterocycles. The van der Waals surface area contributed by atoms with E-state index < -0.39 is 30.4 Å². The molecule has 0 aromatic carbocycles. The SMILES string of the molecule is CC[C@@H](O)/C=C/[C@H](O)[C@H]1C[C@H](O)[C@H](CCCCCCCC(=O)O)O1. The zero-order valence-corrected chi connectivity index (χ0v) is 14.5. The third-order valence-corrected chi connectivity index (χ3v) is 4.46. The number of aliphatic hydroxyl groups excluding tert-OH is 3. The lowest BCUT2D eigenvalue weighted by atomic mass is 10.0. The van der Waals surface area contributed by atoms with Crippen LogP contribution in [0.5, 0.6) is 0 Å². The molecule has 1 saturated heterocycles. The van der Waals surface area contributed by atoms with Crippen molar-refractivity contribution in [3.8, 4) is 0 Å². The maximum absolute atomic E-state index is 10.4. The lowest BCUT2D eigenvalue weighted by Crippen LogP contribution is -2.25. The number of aliphatic carboxylic acids is 1. The van der Waals surface area contributed by atoms with Crippen molar-refractivity contribution >= 4 is 5.97 Å². The van der Waals surface area contributed by atoms with Crippen LogP contribution in [0.3, 0.4) is 0 Å². The molecule has 0 saturated carbocycles. The number of ether oxygens (including phenoxy) is 1. The first-order chi connectivity index (χ1) is 11.4. The van der Waals surface area contributed by atoms with Gasteiger partial charge in [-0.3, -0.25) is 4.79 Å². The van der Waals surface area contributed by atoms with Gasteiger partial charge in [0.15, 0.2) is 0 Å². The normalized spacial score (nSPS) is 26.8. The van der Waals surface area contributed by atoms with Crippen LogP contribution >= 0.6 is 0 Å². The summed E-state index contributed by atoms with van der Waals surface area (Å²) in [4.78, 5) is 10.4. The monoisotopic (exact) mass is 344 g/mol. The summed E-state index contributed by atoms with van der Waals surface area (Å²) in [6.45, 7) is 1.86. The smallest absolute Gasteiger partial charge is 0.303 e.